The molecule has 102 valence electrons. The van der Waals surface area contributed by atoms with E-state index in [9.17, 15) is 18.0 Å². The Bertz CT molecular complexity index is 535. The third kappa shape index (κ3) is 3.26. The number of ether oxygens (including phenoxy) is 1. The highest BCUT2D eigenvalue weighted by molar-refractivity contribution is 9.08. The molecule has 0 radical (unpaired) electrons. The van der Waals surface area contributed by atoms with E-state index < -0.39 is 23.3 Å². The number of hydrogen-bond donors (Lipinski definition) is 0. The molecule has 0 aromatic heterocycles. The molecular formula is C12H9BrF3NO2. The molecule has 0 aliphatic heterocycles. The molecule has 0 aliphatic carbocycles. The van der Waals surface area contributed by atoms with Crippen LogP contribution in [0.2, 0.25) is 0 Å². The molecular weight excluding hydrogens is 327 g/mol. The minimum Gasteiger partial charge on any atom is -0.462 e. The van der Waals surface area contributed by atoms with Crippen molar-refractivity contribution < 1.29 is 22.7 Å². The Morgan fingerprint density at radius 3 is 2.53 bits per heavy atom. The molecule has 0 heterocycles. The standard InChI is InChI=1S/C12H9BrF3NO2/c1-2-19-11(18)10-8(5-13)7(6-17)3-4-9(10)12(14,15)16/h3-4H,2,5H2,1H3. The Morgan fingerprint density at radius 1 is 1.47 bits per heavy atom. The van der Waals surface area contributed by atoms with Crippen LogP contribution in [0.3, 0.4) is 0 Å². The number of esters is 1. The highest BCUT2D eigenvalue weighted by Gasteiger charge is 2.37. The number of nitrogens with zero attached hydrogens (tertiary/aromatic N) is 1. The highest BCUT2D eigenvalue weighted by Crippen LogP contribution is 2.35. The number of benzene rings is 1. The maximum atomic E-state index is 12.9. The fourth-order valence-corrected chi connectivity index (χ4v) is 2.15. The lowest BCUT2D eigenvalue weighted by Gasteiger charge is -2.15. The molecule has 7 heteroatoms. The van der Waals surface area contributed by atoms with Gasteiger partial charge in [0.2, 0.25) is 0 Å². The predicted octanol–water partition coefficient (Wildman–Crippen LogP) is 3.65. The second-order valence-corrected chi connectivity index (χ2v) is 4.04. The molecule has 1 aromatic rings. The van der Waals surface area contributed by atoms with E-state index in [4.69, 9.17) is 5.26 Å². The summed E-state index contributed by atoms with van der Waals surface area (Å²) in [7, 11) is 0. The molecule has 3 nitrogen and oxygen atoms in total. The van der Waals surface area contributed by atoms with Crippen LogP contribution < -0.4 is 0 Å². The second kappa shape index (κ2) is 6.06. The maximum absolute atomic E-state index is 12.9. The van der Waals surface area contributed by atoms with E-state index in [0.717, 1.165) is 12.1 Å². The molecule has 0 bridgehead atoms. The number of carbonyl (C=O) groups is 1. The van der Waals surface area contributed by atoms with Gasteiger partial charge in [0.05, 0.1) is 29.4 Å². The fourth-order valence-electron chi connectivity index (χ4n) is 1.56. The van der Waals surface area contributed by atoms with Crippen molar-refractivity contribution in [1.29, 1.82) is 5.26 Å². The van der Waals surface area contributed by atoms with Crippen LogP contribution in [0.4, 0.5) is 13.2 Å². The average molecular weight is 336 g/mol. The van der Waals surface area contributed by atoms with Crippen LogP contribution in [0.5, 0.6) is 0 Å². The largest absolute Gasteiger partial charge is 0.462 e. The average Bonchev–Trinajstić information content (AvgIpc) is 2.35. The molecule has 0 unspecified atom stereocenters. The number of alkyl halides is 4. The minimum atomic E-state index is -4.69. The summed E-state index contributed by atoms with van der Waals surface area (Å²) in [6.45, 7) is 1.45. The monoisotopic (exact) mass is 335 g/mol. The fraction of sp³-hybridized carbons (Fsp3) is 0.333. The zero-order valence-corrected chi connectivity index (χ0v) is 11.4. The molecule has 1 rings (SSSR count). The first-order valence-corrected chi connectivity index (χ1v) is 6.35. The molecule has 0 spiro atoms. The topological polar surface area (TPSA) is 50.1 Å². The van der Waals surface area contributed by atoms with Gasteiger partial charge in [-0.2, -0.15) is 18.4 Å². The summed E-state index contributed by atoms with van der Waals surface area (Å²) in [6.07, 6.45) is -4.69. The van der Waals surface area contributed by atoms with Gasteiger partial charge in [-0.3, -0.25) is 0 Å². The summed E-state index contributed by atoms with van der Waals surface area (Å²) in [5.41, 5.74) is -1.71. The van der Waals surface area contributed by atoms with Crippen molar-refractivity contribution in [1.82, 2.24) is 0 Å². The van der Waals surface area contributed by atoms with E-state index in [1.807, 2.05) is 0 Å². The number of rotatable bonds is 3. The first-order valence-electron chi connectivity index (χ1n) is 5.23. The molecule has 0 amide bonds. The van der Waals surface area contributed by atoms with Crippen LogP contribution in [-0.2, 0) is 16.2 Å². The number of carbonyl (C=O) groups excluding carboxylic acids is 1. The summed E-state index contributed by atoms with van der Waals surface area (Å²) in [5.74, 6) is -1.08. The van der Waals surface area contributed by atoms with Crippen molar-refractivity contribution in [3.05, 3.63) is 34.4 Å². The predicted molar refractivity (Wildman–Crippen MR) is 64.7 cm³/mol. The molecule has 19 heavy (non-hydrogen) atoms. The summed E-state index contributed by atoms with van der Waals surface area (Å²) in [5, 5.41) is 8.83. The molecule has 0 fully saturated rings. The molecule has 0 N–H and O–H groups in total. The van der Waals surface area contributed by atoms with Crippen LogP contribution >= 0.6 is 15.9 Å². The van der Waals surface area contributed by atoms with E-state index in [-0.39, 0.29) is 23.1 Å². The van der Waals surface area contributed by atoms with Gasteiger partial charge in [-0.25, -0.2) is 4.79 Å². The first-order chi connectivity index (χ1) is 8.86. The van der Waals surface area contributed by atoms with Crippen LogP contribution in [0.25, 0.3) is 0 Å². The van der Waals surface area contributed by atoms with Crippen LogP contribution in [-0.4, -0.2) is 12.6 Å². The summed E-state index contributed by atoms with van der Waals surface area (Å²) in [4.78, 5) is 11.7. The third-order valence-corrected chi connectivity index (χ3v) is 2.91. The normalized spacial score (nSPS) is 10.9. The van der Waals surface area contributed by atoms with E-state index in [2.05, 4.69) is 20.7 Å². The molecule has 0 aliphatic rings. The smallest absolute Gasteiger partial charge is 0.417 e. The number of nitriles is 1. The molecule has 0 saturated carbocycles. The van der Waals surface area contributed by atoms with Crippen LogP contribution in [0.15, 0.2) is 12.1 Å². The lowest BCUT2D eigenvalue weighted by Crippen LogP contribution is -2.18. The summed E-state index contributed by atoms with van der Waals surface area (Å²) >= 11 is 2.99. The minimum absolute atomic E-state index is 0.00734. The van der Waals surface area contributed by atoms with Crippen LogP contribution in [0, 0.1) is 11.3 Å². The van der Waals surface area contributed by atoms with Crippen molar-refractivity contribution in [2.45, 2.75) is 18.4 Å². The van der Waals surface area contributed by atoms with Crippen molar-refractivity contribution in [3.8, 4) is 6.07 Å². The Balaban J connectivity index is 3.59. The van der Waals surface area contributed by atoms with Gasteiger partial charge in [0.1, 0.15) is 0 Å². The van der Waals surface area contributed by atoms with Crippen molar-refractivity contribution in [2.24, 2.45) is 0 Å². The van der Waals surface area contributed by atoms with Gasteiger partial charge in [0.15, 0.2) is 0 Å². The Labute approximate surface area is 116 Å². The van der Waals surface area contributed by atoms with Gasteiger partial charge in [0, 0.05) is 5.33 Å². The van der Waals surface area contributed by atoms with E-state index >= 15 is 0 Å². The van der Waals surface area contributed by atoms with Crippen molar-refractivity contribution in [2.75, 3.05) is 6.61 Å². The van der Waals surface area contributed by atoms with E-state index in [1.54, 1.807) is 6.07 Å². The molecule has 0 saturated heterocycles. The summed E-state index contributed by atoms with van der Waals surface area (Å²) < 4.78 is 43.3. The SMILES string of the molecule is CCOC(=O)c1c(C(F)(F)F)ccc(C#N)c1CBr. The summed E-state index contributed by atoms with van der Waals surface area (Å²) in [6, 6.07) is 3.52. The quantitative estimate of drug-likeness (QED) is 0.625. The number of hydrogen-bond acceptors (Lipinski definition) is 3. The maximum Gasteiger partial charge on any atom is 0.417 e. The Hall–Kier alpha value is -1.55. The Morgan fingerprint density at radius 2 is 2.11 bits per heavy atom. The van der Waals surface area contributed by atoms with Crippen LogP contribution in [0.1, 0.15) is 34.0 Å². The zero-order valence-electron chi connectivity index (χ0n) is 9.84. The van der Waals surface area contributed by atoms with Gasteiger partial charge in [-0.1, -0.05) is 15.9 Å². The van der Waals surface area contributed by atoms with Gasteiger partial charge in [0.25, 0.3) is 0 Å². The van der Waals surface area contributed by atoms with E-state index in [1.165, 1.54) is 6.92 Å². The molecule has 0 atom stereocenters. The van der Waals surface area contributed by atoms with Gasteiger partial charge in [-0.15, -0.1) is 0 Å². The number of halogens is 4. The lowest BCUT2D eigenvalue weighted by atomic mass is 9.97. The first kappa shape index (κ1) is 15.5. The van der Waals surface area contributed by atoms with Gasteiger partial charge in [-0.05, 0) is 24.6 Å². The Kier molecular flexibility index (Phi) is 4.95. The van der Waals surface area contributed by atoms with Gasteiger partial charge >= 0.3 is 12.1 Å². The lowest BCUT2D eigenvalue weighted by molar-refractivity contribution is -0.138. The second-order valence-electron chi connectivity index (χ2n) is 3.48. The van der Waals surface area contributed by atoms with Gasteiger partial charge < -0.3 is 4.74 Å². The van der Waals surface area contributed by atoms with Crippen molar-refractivity contribution in [3.63, 3.8) is 0 Å². The highest BCUT2D eigenvalue weighted by atomic mass is 79.9. The third-order valence-electron chi connectivity index (χ3n) is 2.35. The zero-order chi connectivity index (χ0) is 14.6. The van der Waals surface area contributed by atoms with Crippen molar-refractivity contribution >= 4 is 21.9 Å². The molecule has 1 aromatic carbocycles. The van der Waals surface area contributed by atoms with E-state index in [0.29, 0.717) is 0 Å².